The second-order valence-corrected chi connectivity index (χ2v) is 6.36. The average Bonchev–Trinajstić information content (AvgIpc) is 3.04. The third kappa shape index (κ3) is 3.41. The predicted molar refractivity (Wildman–Crippen MR) is 114 cm³/mol. The molecule has 4 rings (SSSR count). The van der Waals surface area contributed by atoms with Crippen molar-refractivity contribution in [3.05, 3.63) is 83.4 Å². The van der Waals surface area contributed by atoms with Crippen molar-refractivity contribution in [1.29, 1.82) is 0 Å². The van der Waals surface area contributed by atoms with E-state index < -0.39 is 0 Å². The van der Waals surface area contributed by atoms with Crippen LogP contribution in [0.3, 0.4) is 0 Å². The van der Waals surface area contributed by atoms with Gasteiger partial charge in [-0.05, 0) is 48.7 Å². The van der Waals surface area contributed by atoms with Gasteiger partial charge in [-0.25, -0.2) is 0 Å². The molecule has 0 aromatic heterocycles. The molecule has 0 saturated carbocycles. The van der Waals surface area contributed by atoms with E-state index >= 15 is 0 Å². The van der Waals surface area contributed by atoms with E-state index in [2.05, 4.69) is 46.6 Å². The number of benzene rings is 3. The maximum Gasteiger partial charge on any atom is 0.161 e. The van der Waals surface area contributed by atoms with Gasteiger partial charge in [0.05, 0.1) is 19.4 Å². The Morgan fingerprint density at radius 3 is 1.89 bits per heavy atom. The molecule has 0 spiro atoms. The Hall–Kier alpha value is -3.40. The summed E-state index contributed by atoms with van der Waals surface area (Å²) in [7, 11) is 0. The summed E-state index contributed by atoms with van der Waals surface area (Å²) in [6, 6.07) is 22.4. The van der Waals surface area contributed by atoms with Crippen LogP contribution >= 0.6 is 0 Å². The van der Waals surface area contributed by atoms with Gasteiger partial charge in [0.25, 0.3) is 0 Å². The molecule has 0 bridgehead atoms. The van der Waals surface area contributed by atoms with Crippen molar-refractivity contribution in [2.24, 2.45) is 10.2 Å². The second-order valence-electron chi connectivity index (χ2n) is 6.36. The van der Waals surface area contributed by atoms with Crippen molar-refractivity contribution in [1.82, 2.24) is 0 Å². The van der Waals surface area contributed by atoms with Gasteiger partial charge in [0.2, 0.25) is 0 Å². The van der Waals surface area contributed by atoms with E-state index in [1.54, 1.807) is 6.21 Å². The highest BCUT2D eigenvalue weighted by Crippen LogP contribution is 2.36. The van der Waals surface area contributed by atoms with Crippen molar-refractivity contribution in [2.45, 2.75) is 13.8 Å². The van der Waals surface area contributed by atoms with Crippen molar-refractivity contribution >= 4 is 11.9 Å². The number of fused-ring (bicyclic) bond motifs is 3. The van der Waals surface area contributed by atoms with Gasteiger partial charge < -0.3 is 9.47 Å². The van der Waals surface area contributed by atoms with Gasteiger partial charge in [0, 0.05) is 11.1 Å². The van der Waals surface area contributed by atoms with Gasteiger partial charge in [-0.1, -0.05) is 48.5 Å². The van der Waals surface area contributed by atoms with Crippen molar-refractivity contribution in [3.63, 3.8) is 0 Å². The van der Waals surface area contributed by atoms with Crippen LogP contribution in [0.15, 0.2) is 76.9 Å². The van der Waals surface area contributed by atoms with Crippen molar-refractivity contribution in [2.75, 3.05) is 13.2 Å². The Bertz CT molecular complexity index is 1010. The van der Waals surface area contributed by atoms with Crippen LogP contribution in [-0.2, 0) is 0 Å². The molecule has 0 unspecified atom stereocenters. The molecule has 1 aliphatic rings. The molecule has 28 heavy (non-hydrogen) atoms. The predicted octanol–water partition coefficient (Wildman–Crippen LogP) is 5.34. The molecule has 140 valence electrons. The summed E-state index contributed by atoms with van der Waals surface area (Å²) >= 11 is 0. The molecule has 3 aromatic carbocycles. The highest BCUT2D eigenvalue weighted by Gasteiger charge is 2.23. The lowest BCUT2D eigenvalue weighted by Gasteiger charge is -2.10. The SMILES string of the molecule is CCOc1ccc(C=NN=C2c3ccccc3-c3ccccc32)cc1OCC. The summed E-state index contributed by atoms with van der Waals surface area (Å²) in [4.78, 5) is 0. The highest BCUT2D eigenvalue weighted by molar-refractivity contribution is 6.24. The number of ether oxygens (including phenoxy) is 2. The number of rotatable bonds is 6. The third-order valence-corrected chi connectivity index (χ3v) is 4.59. The monoisotopic (exact) mass is 370 g/mol. The fraction of sp³-hybridized carbons (Fsp3) is 0.167. The Kier molecular flexibility index (Phi) is 5.20. The maximum atomic E-state index is 5.68. The van der Waals surface area contributed by atoms with Crippen LogP contribution in [0, 0.1) is 0 Å². The molecule has 0 amide bonds. The topological polar surface area (TPSA) is 43.2 Å². The van der Waals surface area contributed by atoms with Gasteiger partial charge in [0.1, 0.15) is 5.71 Å². The lowest BCUT2D eigenvalue weighted by molar-refractivity contribution is 0.288. The van der Waals surface area contributed by atoms with E-state index in [4.69, 9.17) is 9.47 Å². The summed E-state index contributed by atoms with van der Waals surface area (Å²) in [5, 5.41) is 8.91. The summed E-state index contributed by atoms with van der Waals surface area (Å²) in [5.74, 6) is 1.46. The van der Waals surface area contributed by atoms with E-state index in [0.717, 1.165) is 33.9 Å². The van der Waals surface area contributed by atoms with Gasteiger partial charge in [-0.2, -0.15) is 5.10 Å². The maximum absolute atomic E-state index is 5.68. The Balaban J connectivity index is 1.66. The Morgan fingerprint density at radius 2 is 1.29 bits per heavy atom. The fourth-order valence-electron chi connectivity index (χ4n) is 3.40. The van der Waals surface area contributed by atoms with Gasteiger partial charge in [-0.15, -0.1) is 5.10 Å². The van der Waals surface area contributed by atoms with Crippen LogP contribution in [0.25, 0.3) is 11.1 Å². The molecule has 0 N–H and O–H groups in total. The minimum atomic E-state index is 0.580. The average molecular weight is 370 g/mol. The van der Waals surface area contributed by atoms with Crippen LogP contribution < -0.4 is 9.47 Å². The zero-order valence-corrected chi connectivity index (χ0v) is 16.1. The minimum absolute atomic E-state index is 0.580. The molecule has 0 heterocycles. The third-order valence-electron chi connectivity index (χ3n) is 4.59. The molecule has 1 aliphatic carbocycles. The first kappa shape index (κ1) is 18.0. The second kappa shape index (κ2) is 8.09. The first-order valence-corrected chi connectivity index (χ1v) is 9.51. The minimum Gasteiger partial charge on any atom is -0.490 e. The standard InChI is InChI=1S/C24H22N2O2/c1-3-27-22-14-13-17(15-23(22)28-4-2)16-25-26-24-20-11-7-5-9-18(20)19-10-6-8-12-21(19)24/h5-16H,3-4H2,1-2H3. The molecule has 0 atom stereocenters. The van der Waals surface area contributed by atoms with E-state index in [-0.39, 0.29) is 0 Å². The molecular formula is C24H22N2O2. The molecule has 4 nitrogen and oxygen atoms in total. The zero-order chi connectivity index (χ0) is 19.3. The molecule has 4 heteroatoms. The molecule has 0 fully saturated rings. The van der Waals surface area contributed by atoms with Gasteiger partial charge >= 0.3 is 0 Å². The summed E-state index contributed by atoms with van der Waals surface area (Å²) in [6.45, 7) is 5.09. The van der Waals surface area contributed by atoms with Crippen LogP contribution in [0.5, 0.6) is 11.5 Å². The molecular weight excluding hydrogens is 348 g/mol. The van der Waals surface area contributed by atoms with E-state index in [9.17, 15) is 0 Å². The van der Waals surface area contributed by atoms with Gasteiger partial charge in [0.15, 0.2) is 11.5 Å². The molecule has 0 aliphatic heterocycles. The van der Waals surface area contributed by atoms with Crippen LogP contribution in [0.1, 0.15) is 30.5 Å². The summed E-state index contributed by atoms with van der Waals surface area (Å²) in [5.41, 5.74) is 6.44. The van der Waals surface area contributed by atoms with Crippen LogP contribution in [0.2, 0.25) is 0 Å². The highest BCUT2D eigenvalue weighted by atomic mass is 16.5. The lowest BCUT2D eigenvalue weighted by atomic mass is 10.1. The summed E-state index contributed by atoms with van der Waals surface area (Å²) in [6.07, 6.45) is 1.74. The number of hydrogen-bond donors (Lipinski definition) is 0. The Morgan fingerprint density at radius 1 is 0.714 bits per heavy atom. The van der Waals surface area contributed by atoms with Crippen molar-refractivity contribution < 1.29 is 9.47 Å². The van der Waals surface area contributed by atoms with Crippen molar-refractivity contribution in [3.8, 4) is 22.6 Å². The van der Waals surface area contributed by atoms with E-state index in [1.165, 1.54) is 11.1 Å². The van der Waals surface area contributed by atoms with E-state index in [0.29, 0.717) is 13.2 Å². The first-order valence-electron chi connectivity index (χ1n) is 9.51. The summed E-state index contributed by atoms with van der Waals surface area (Å²) < 4.78 is 11.3. The Labute approximate surface area is 165 Å². The van der Waals surface area contributed by atoms with E-state index in [1.807, 2.05) is 44.2 Å². The lowest BCUT2D eigenvalue weighted by Crippen LogP contribution is -1.99. The largest absolute Gasteiger partial charge is 0.490 e. The normalized spacial score (nSPS) is 12.0. The van der Waals surface area contributed by atoms with Crippen LogP contribution in [-0.4, -0.2) is 25.1 Å². The van der Waals surface area contributed by atoms with Crippen LogP contribution in [0.4, 0.5) is 0 Å². The number of hydrogen-bond acceptors (Lipinski definition) is 4. The first-order chi connectivity index (χ1) is 13.8. The quantitative estimate of drug-likeness (QED) is 0.340. The smallest absolute Gasteiger partial charge is 0.161 e. The number of nitrogens with zero attached hydrogens (tertiary/aromatic N) is 2. The molecule has 0 radical (unpaired) electrons. The fourth-order valence-corrected chi connectivity index (χ4v) is 3.40. The molecule has 0 saturated heterocycles. The molecule has 3 aromatic rings. The van der Waals surface area contributed by atoms with Gasteiger partial charge in [-0.3, -0.25) is 0 Å². The zero-order valence-electron chi connectivity index (χ0n) is 16.1.